The Labute approximate surface area is 368 Å². The summed E-state index contributed by atoms with van der Waals surface area (Å²) in [5.41, 5.74) is -0.169. The minimum atomic E-state index is -3.82. The van der Waals surface area contributed by atoms with Crippen molar-refractivity contribution in [3.05, 3.63) is 7.43 Å². The van der Waals surface area contributed by atoms with Crippen LogP contribution in [0.25, 0.3) is 0 Å². The Hall–Kier alpha value is 1.08. The minimum Gasteiger partial charge on any atom is -0.358 e. The maximum Gasteiger partial charge on any atom is 0.370 e. The predicted molar refractivity (Wildman–Crippen MR) is 238 cm³/mol. The molecule has 0 aliphatic heterocycles. The molecule has 1 aliphatic carbocycles. The van der Waals surface area contributed by atoms with Crippen LogP contribution in [0.5, 0.6) is 0 Å². The van der Waals surface area contributed by atoms with Gasteiger partial charge in [-0.3, -0.25) is 27.7 Å². The molecule has 0 spiro atoms. The van der Waals surface area contributed by atoms with Crippen LogP contribution in [-0.2, 0) is 64.0 Å². The van der Waals surface area contributed by atoms with Crippen molar-refractivity contribution in [2.45, 2.75) is 146 Å². The largest absolute Gasteiger partial charge is 0.370 e. The molecule has 23 heteroatoms. The molecular formula is C35H80F3N3O10P5SV-. The molecule has 0 heterocycles. The molecular weight excluding hydrogens is 917 g/mol. The molecule has 6 unspecified atom stereocenters. The summed E-state index contributed by atoms with van der Waals surface area (Å²) in [6.07, 6.45) is 4.35. The number of hydrogen-bond acceptors (Lipinski definition) is 13. The van der Waals surface area contributed by atoms with Crippen molar-refractivity contribution in [3.8, 4) is 5.81 Å². The van der Waals surface area contributed by atoms with Gasteiger partial charge in [0.1, 0.15) is 0 Å². The summed E-state index contributed by atoms with van der Waals surface area (Å²) in [6, 6.07) is 1.06. The topological polar surface area (TPSA) is 162 Å². The van der Waals surface area contributed by atoms with E-state index in [2.05, 4.69) is 37.1 Å². The summed E-state index contributed by atoms with van der Waals surface area (Å²) >= 11 is 1.46. The van der Waals surface area contributed by atoms with E-state index in [1.54, 1.807) is 54.3 Å². The Bertz CT molecular complexity index is 1310. The Morgan fingerprint density at radius 3 is 1.40 bits per heavy atom. The van der Waals surface area contributed by atoms with Gasteiger partial charge in [-0.1, -0.05) is 51.4 Å². The fourth-order valence-electron chi connectivity index (χ4n) is 4.36. The van der Waals surface area contributed by atoms with Gasteiger partial charge in [-0.25, -0.2) is 4.67 Å². The van der Waals surface area contributed by atoms with Gasteiger partial charge in [0.2, 0.25) is 0 Å². The van der Waals surface area contributed by atoms with Gasteiger partial charge >= 0.3 is 30.6 Å². The molecule has 0 aromatic rings. The van der Waals surface area contributed by atoms with E-state index in [1.165, 1.54) is 22.5 Å². The number of rotatable bonds is 17. The van der Waals surface area contributed by atoms with Crippen LogP contribution < -0.4 is 0 Å². The molecule has 353 valence electrons. The van der Waals surface area contributed by atoms with Gasteiger partial charge in [-0.2, -0.15) is 17.9 Å². The predicted octanol–water partition coefficient (Wildman–Crippen LogP) is 14.0. The summed E-state index contributed by atoms with van der Waals surface area (Å²) < 4.78 is 116. The molecule has 0 aromatic heterocycles. The maximum absolute atomic E-state index is 12.5. The Morgan fingerprint density at radius 1 is 0.759 bits per heavy atom. The number of nitriles is 1. The van der Waals surface area contributed by atoms with Crippen molar-refractivity contribution in [2.75, 3.05) is 66.3 Å². The zero-order valence-corrected chi connectivity index (χ0v) is 45.6. The smallest absolute Gasteiger partial charge is 0.358 e. The maximum atomic E-state index is 12.5. The van der Waals surface area contributed by atoms with E-state index >= 15 is 0 Å². The standard InChI is InChI=1S/C11H26NO2PS.C7H14FO2P.C7H16FO2P.C5H11N2O2P.C4H10FO2P.CH3.V/c1-7-14-15(6,13)16-9-8-12(10(2)3)11(4)5;1-11(8,9)10-7-5-3-2-4-6-7;1-6(7(2,3)4)10-11(5,8)9;1-4-9-10(8,5-6)7(2)3;1-4(2)7-8(3,5)6;;/h10-11H,7-9H2,1-6H3;7H,2-6H2,1H3;6H,1-5H3;4H2,1-3H3;4H,1-3H3;1H3;/q;;;;;-1;. The first-order valence-electron chi connectivity index (χ1n) is 18.8. The molecule has 0 bridgehead atoms. The van der Waals surface area contributed by atoms with Crippen LogP contribution in [0.2, 0.25) is 0 Å². The zero-order valence-electron chi connectivity index (χ0n) is 38.9. The minimum absolute atomic E-state index is 0. The number of hydrogen-bond donors (Lipinski definition) is 0. The first kappa shape index (κ1) is 70.7. The van der Waals surface area contributed by atoms with Crippen LogP contribution in [0, 0.1) is 23.9 Å². The third kappa shape index (κ3) is 46.6. The second-order valence-electron chi connectivity index (χ2n) is 15.2. The normalized spacial score (nSPS) is 18.8. The molecule has 0 N–H and O–H groups in total. The molecule has 58 heavy (non-hydrogen) atoms. The van der Waals surface area contributed by atoms with Crippen LogP contribution in [0.3, 0.4) is 0 Å². The van der Waals surface area contributed by atoms with Crippen molar-refractivity contribution < 1.29 is 76.6 Å². The average Bonchev–Trinajstić information content (AvgIpc) is 2.97. The summed E-state index contributed by atoms with van der Waals surface area (Å²) in [6.45, 7) is 27.1. The van der Waals surface area contributed by atoms with Crippen molar-refractivity contribution in [2.24, 2.45) is 5.41 Å². The quantitative estimate of drug-likeness (QED) is 0.0999. The van der Waals surface area contributed by atoms with Crippen molar-refractivity contribution in [1.29, 1.82) is 5.26 Å². The molecule has 1 aliphatic rings. The summed E-state index contributed by atoms with van der Waals surface area (Å²) in [5, 5.41) is 8.41. The molecule has 1 rings (SSSR count). The molecule has 13 nitrogen and oxygen atoms in total. The molecule has 1 fully saturated rings. The van der Waals surface area contributed by atoms with Crippen LogP contribution in [0.15, 0.2) is 0 Å². The summed E-state index contributed by atoms with van der Waals surface area (Å²) in [4.78, 5) is 2.40. The Balaban J connectivity index is -0.000000147. The van der Waals surface area contributed by atoms with E-state index in [0.29, 0.717) is 25.3 Å². The third-order valence-electron chi connectivity index (χ3n) is 7.18. The SMILES string of the molecule is CC(C)OP(C)(=O)F.CC(OP(C)(=O)F)C(C)(C)C.CCOP(=O)(C#N)N(C)C.CCOP(C)(=O)SCCN(C(C)C)C(C)C.CP(=O)(F)OC1CCCCC1.[CH3-].[V]. The van der Waals surface area contributed by atoms with Gasteiger partial charge < -0.3 is 30.0 Å². The third-order valence-corrected chi connectivity index (χ3v) is 15.1. The van der Waals surface area contributed by atoms with Gasteiger partial charge in [0, 0.05) is 69.6 Å². The van der Waals surface area contributed by atoms with Gasteiger partial charge in [-0.05, 0) is 94.7 Å². The van der Waals surface area contributed by atoms with Crippen molar-refractivity contribution in [3.63, 3.8) is 0 Å². The average molecular weight is 998 g/mol. The van der Waals surface area contributed by atoms with E-state index < -0.39 is 37.1 Å². The van der Waals surface area contributed by atoms with Crippen LogP contribution in [-0.4, -0.2) is 106 Å². The Morgan fingerprint density at radius 2 is 1.17 bits per heavy atom. The molecule has 0 amide bonds. The number of halogens is 3. The van der Waals surface area contributed by atoms with E-state index in [1.807, 2.05) is 27.7 Å². The van der Waals surface area contributed by atoms with Crippen LogP contribution >= 0.6 is 48.5 Å². The summed E-state index contributed by atoms with van der Waals surface area (Å²) in [5.74, 6) is 2.50. The molecule has 0 aromatic carbocycles. The second kappa shape index (κ2) is 34.5. The van der Waals surface area contributed by atoms with E-state index in [9.17, 15) is 35.4 Å². The fourth-order valence-corrected chi connectivity index (χ4v) is 10.5. The van der Waals surface area contributed by atoms with Crippen molar-refractivity contribution >= 4 is 48.5 Å². The molecule has 0 saturated heterocycles. The second-order valence-corrected chi connectivity index (χ2v) is 27.9. The van der Waals surface area contributed by atoms with Crippen LogP contribution in [0.1, 0.15) is 115 Å². The Kier molecular flexibility index (Phi) is 42.1. The van der Waals surface area contributed by atoms with Gasteiger partial charge in [0.25, 0.3) is 6.57 Å². The van der Waals surface area contributed by atoms with Gasteiger partial charge in [0.05, 0.1) is 31.5 Å². The first-order chi connectivity index (χ1) is 25.0. The zero-order chi connectivity index (χ0) is 45.4. The van der Waals surface area contributed by atoms with E-state index in [0.717, 1.165) is 58.0 Å². The van der Waals surface area contributed by atoms with Crippen LogP contribution in [0.4, 0.5) is 12.6 Å². The summed E-state index contributed by atoms with van der Waals surface area (Å²) in [7, 11) is -11.3. The van der Waals surface area contributed by atoms with E-state index in [-0.39, 0.29) is 49.7 Å². The molecule has 1 radical (unpaired) electrons. The van der Waals surface area contributed by atoms with Gasteiger partial charge in [-0.15, -0.1) is 0 Å². The monoisotopic (exact) mass is 997 g/mol. The van der Waals surface area contributed by atoms with Gasteiger partial charge in [0.15, 0.2) is 5.81 Å². The molecule has 1 saturated carbocycles. The first-order valence-corrected chi connectivity index (χ1v) is 29.9. The number of nitrogens with zero attached hydrogens (tertiary/aromatic N) is 3. The fraction of sp³-hybridized carbons (Fsp3) is 0.943. The van der Waals surface area contributed by atoms with E-state index in [4.69, 9.17) is 23.4 Å². The van der Waals surface area contributed by atoms with Crippen molar-refractivity contribution in [1.82, 2.24) is 9.57 Å². The molecule has 6 atom stereocenters.